The largest absolute Gasteiger partial charge is 0.370 e. The smallest absolute Gasteiger partial charge is 0.0844 e. The molecule has 1 aliphatic heterocycles. The second-order valence-corrected chi connectivity index (χ2v) is 8.28. The molecule has 2 rings (SSSR count). The Hall–Kier alpha value is -0.0400. The fourth-order valence-corrected chi connectivity index (χ4v) is 4.38. The van der Waals surface area contributed by atoms with Gasteiger partial charge in [-0.25, -0.2) is 0 Å². The monoisotopic (exact) mass is 322 g/mol. The van der Waals surface area contributed by atoms with E-state index in [1.165, 1.54) is 116 Å². The van der Waals surface area contributed by atoms with Crippen LogP contribution in [0.2, 0.25) is 0 Å². The Bertz CT molecular complexity index is 275. The second kappa shape index (κ2) is 12.3. The van der Waals surface area contributed by atoms with E-state index in [-0.39, 0.29) is 0 Å². The normalized spacial score (nSPS) is 26.2. The van der Waals surface area contributed by atoms with Gasteiger partial charge >= 0.3 is 0 Å². The minimum atomic E-state index is 0.681. The lowest BCUT2D eigenvalue weighted by Gasteiger charge is -2.18. The van der Waals surface area contributed by atoms with Crippen molar-refractivity contribution in [3.05, 3.63) is 0 Å². The van der Waals surface area contributed by atoms with Crippen molar-refractivity contribution >= 4 is 0 Å². The number of fused-ring (bicyclic) bond motifs is 1. The van der Waals surface area contributed by atoms with Gasteiger partial charge in [0, 0.05) is 0 Å². The average Bonchev–Trinajstić information content (AvgIpc) is 3.34. The van der Waals surface area contributed by atoms with Gasteiger partial charge in [0.25, 0.3) is 0 Å². The van der Waals surface area contributed by atoms with Crippen LogP contribution in [0.25, 0.3) is 0 Å². The maximum absolute atomic E-state index is 5.63. The molecule has 1 saturated heterocycles. The van der Waals surface area contributed by atoms with Crippen LogP contribution in [0.4, 0.5) is 0 Å². The van der Waals surface area contributed by atoms with E-state index in [1.807, 2.05) is 0 Å². The molecule has 1 heterocycles. The predicted molar refractivity (Wildman–Crippen MR) is 101 cm³/mol. The molecule has 136 valence electrons. The molecule has 2 aliphatic rings. The second-order valence-electron chi connectivity index (χ2n) is 8.28. The van der Waals surface area contributed by atoms with E-state index in [9.17, 15) is 0 Å². The number of hydrogen-bond donors (Lipinski definition) is 0. The highest BCUT2D eigenvalue weighted by molar-refractivity contribution is 4.91. The van der Waals surface area contributed by atoms with Crippen molar-refractivity contribution in [2.24, 2.45) is 5.92 Å². The van der Waals surface area contributed by atoms with Crippen LogP contribution in [-0.4, -0.2) is 12.2 Å². The van der Waals surface area contributed by atoms with Gasteiger partial charge in [-0.05, 0) is 25.2 Å². The first kappa shape index (κ1) is 19.3. The van der Waals surface area contributed by atoms with Gasteiger partial charge in [-0.3, -0.25) is 0 Å². The van der Waals surface area contributed by atoms with Crippen molar-refractivity contribution in [1.29, 1.82) is 0 Å². The topological polar surface area (TPSA) is 12.5 Å². The van der Waals surface area contributed by atoms with Gasteiger partial charge in [-0.2, -0.15) is 0 Å². The van der Waals surface area contributed by atoms with Crippen molar-refractivity contribution in [2.75, 3.05) is 0 Å². The third kappa shape index (κ3) is 9.13. The first-order valence-corrected chi connectivity index (χ1v) is 11.1. The van der Waals surface area contributed by atoms with Crippen LogP contribution in [0, 0.1) is 5.92 Å². The Morgan fingerprint density at radius 2 is 1.13 bits per heavy atom. The molecule has 1 aliphatic carbocycles. The highest BCUT2D eigenvalue weighted by Gasteiger charge is 2.43. The molecule has 1 saturated carbocycles. The summed E-state index contributed by atoms with van der Waals surface area (Å²) in [4.78, 5) is 0. The van der Waals surface area contributed by atoms with Gasteiger partial charge in [0.15, 0.2) is 0 Å². The molecule has 2 fully saturated rings. The summed E-state index contributed by atoms with van der Waals surface area (Å²) in [5, 5.41) is 0. The molecule has 0 aromatic heterocycles. The van der Waals surface area contributed by atoms with Gasteiger partial charge in [0.2, 0.25) is 0 Å². The molecule has 0 N–H and O–H groups in total. The zero-order valence-electron chi connectivity index (χ0n) is 15.9. The van der Waals surface area contributed by atoms with Gasteiger partial charge in [-0.1, -0.05) is 103 Å². The summed E-state index contributed by atoms with van der Waals surface area (Å²) in [5.41, 5.74) is 0. The lowest BCUT2D eigenvalue weighted by molar-refractivity contribution is 0.343. The Balaban J connectivity index is 1.23. The molecule has 23 heavy (non-hydrogen) atoms. The minimum Gasteiger partial charge on any atom is -0.370 e. The van der Waals surface area contributed by atoms with E-state index >= 15 is 0 Å². The van der Waals surface area contributed by atoms with E-state index in [1.54, 1.807) is 0 Å². The minimum absolute atomic E-state index is 0.681. The number of ether oxygens (including phenoxy) is 1. The molecule has 1 nitrogen and oxygen atoms in total. The van der Waals surface area contributed by atoms with E-state index in [0.717, 1.165) is 5.92 Å². The fraction of sp³-hybridized carbons (Fsp3) is 1.00. The Morgan fingerprint density at radius 1 is 0.609 bits per heavy atom. The van der Waals surface area contributed by atoms with E-state index in [0.29, 0.717) is 12.2 Å². The third-order valence-electron chi connectivity index (χ3n) is 6.08. The van der Waals surface area contributed by atoms with Crippen LogP contribution in [0.5, 0.6) is 0 Å². The van der Waals surface area contributed by atoms with Crippen molar-refractivity contribution in [2.45, 2.75) is 135 Å². The summed E-state index contributed by atoms with van der Waals surface area (Å²) in [6.07, 6.45) is 27.6. The molecule has 0 radical (unpaired) electrons. The standard InChI is InChI=1S/C22H42O/c1-2-3-4-5-6-7-8-9-10-11-12-13-14-15-16-20-17-18-21-22(19-20)23-21/h20-22H,2-19H2,1H3. The number of rotatable bonds is 15. The van der Waals surface area contributed by atoms with Crippen LogP contribution >= 0.6 is 0 Å². The Morgan fingerprint density at radius 3 is 1.65 bits per heavy atom. The first-order valence-electron chi connectivity index (χ1n) is 11.1. The summed E-state index contributed by atoms with van der Waals surface area (Å²) in [6.45, 7) is 2.30. The third-order valence-corrected chi connectivity index (χ3v) is 6.08. The fourth-order valence-electron chi connectivity index (χ4n) is 4.38. The van der Waals surface area contributed by atoms with Crippen molar-refractivity contribution in [3.8, 4) is 0 Å². The SMILES string of the molecule is CCCCCCCCCCCCCCCCC1CCC2OC2C1. The molecule has 3 atom stereocenters. The summed E-state index contributed by atoms with van der Waals surface area (Å²) in [7, 11) is 0. The van der Waals surface area contributed by atoms with Crippen molar-refractivity contribution in [1.82, 2.24) is 0 Å². The van der Waals surface area contributed by atoms with Gasteiger partial charge < -0.3 is 4.74 Å². The highest BCUT2D eigenvalue weighted by atomic mass is 16.6. The Labute approximate surface area is 146 Å². The van der Waals surface area contributed by atoms with E-state index in [2.05, 4.69) is 6.92 Å². The van der Waals surface area contributed by atoms with Crippen molar-refractivity contribution in [3.63, 3.8) is 0 Å². The van der Waals surface area contributed by atoms with Gasteiger partial charge in [0.1, 0.15) is 0 Å². The molecular formula is C22H42O. The molecule has 3 unspecified atom stereocenters. The maximum atomic E-state index is 5.63. The van der Waals surface area contributed by atoms with Crippen molar-refractivity contribution < 1.29 is 4.74 Å². The highest BCUT2D eigenvalue weighted by Crippen LogP contribution is 2.41. The lowest BCUT2D eigenvalue weighted by Crippen LogP contribution is -2.13. The predicted octanol–water partition coefficient (Wildman–Crippen LogP) is 7.43. The molecule has 1 heteroatoms. The number of hydrogen-bond acceptors (Lipinski definition) is 1. The van der Waals surface area contributed by atoms with E-state index < -0.39 is 0 Å². The summed E-state index contributed by atoms with van der Waals surface area (Å²) in [5.74, 6) is 0.996. The summed E-state index contributed by atoms with van der Waals surface area (Å²) >= 11 is 0. The molecule has 0 bridgehead atoms. The van der Waals surface area contributed by atoms with Crippen LogP contribution in [0.3, 0.4) is 0 Å². The summed E-state index contributed by atoms with van der Waals surface area (Å²) in [6, 6.07) is 0. The van der Waals surface area contributed by atoms with Gasteiger partial charge in [0.05, 0.1) is 12.2 Å². The average molecular weight is 323 g/mol. The van der Waals surface area contributed by atoms with E-state index in [4.69, 9.17) is 4.74 Å². The zero-order chi connectivity index (χ0) is 16.2. The number of unbranched alkanes of at least 4 members (excludes halogenated alkanes) is 13. The first-order chi connectivity index (χ1) is 11.4. The molecule has 0 aromatic rings. The maximum Gasteiger partial charge on any atom is 0.0844 e. The van der Waals surface area contributed by atoms with Crippen LogP contribution in [-0.2, 0) is 4.74 Å². The van der Waals surface area contributed by atoms with Crippen LogP contribution < -0.4 is 0 Å². The molecular weight excluding hydrogens is 280 g/mol. The van der Waals surface area contributed by atoms with Gasteiger partial charge in [-0.15, -0.1) is 0 Å². The number of epoxide rings is 1. The lowest BCUT2D eigenvalue weighted by atomic mass is 9.85. The Kier molecular flexibility index (Phi) is 10.3. The molecule has 0 spiro atoms. The molecule has 0 aromatic carbocycles. The zero-order valence-corrected chi connectivity index (χ0v) is 15.9. The molecule has 0 amide bonds. The summed E-state index contributed by atoms with van der Waals surface area (Å²) < 4.78 is 5.63. The van der Waals surface area contributed by atoms with Crippen LogP contribution in [0.1, 0.15) is 122 Å². The van der Waals surface area contributed by atoms with Crippen LogP contribution in [0.15, 0.2) is 0 Å². The quantitative estimate of drug-likeness (QED) is 0.226.